The molecule has 0 aliphatic rings. The van der Waals surface area contributed by atoms with Crippen LogP contribution in [0.1, 0.15) is 5.69 Å². The van der Waals surface area contributed by atoms with Crippen molar-refractivity contribution >= 4 is 38.7 Å². The Hall–Kier alpha value is -3.55. The van der Waals surface area contributed by atoms with E-state index >= 15 is 0 Å². The number of non-ortho nitro benzene ring substituents is 1. The van der Waals surface area contributed by atoms with Gasteiger partial charge in [-0.05, 0) is 25.1 Å². The number of nitro benzene ring substituents is 1. The normalized spacial score (nSPS) is 11.8. The topological polar surface area (TPSA) is 186 Å². The zero-order chi connectivity index (χ0) is 22.2. The highest BCUT2D eigenvalue weighted by Crippen LogP contribution is 2.35. The molecule has 2 aromatic carbocycles. The average molecular weight is 453 g/mol. The Morgan fingerprint density at radius 2 is 1.87 bits per heavy atom. The number of hydrogen-bond acceptors (Lipinski definition) is 8. The minimum absolute atomic E-state index is 0.0978. The van der Waals surface area contributed by atoms with Gasteiger partial charge in [-0.2, -0.15) is 0 Å². The summed E-state index contributed by atoms with van der Waals surface area (Å²) >= 11 is 5.86. The highest BCUT2D eigenvalue weighted by molar-refractivity contribution is 7.89. The number of nitrogens with two attached hydrogens (primary N) is 1. The number of phenolic OH excluding ortho intramolecular Hbond substituents is 1. The Balaban J connectivity index is 1.99. The second kappa shape index (κ2) is 7.70. The fourth-order valence-corrected chi connectivity index (χ4v) is 3.58. The van der Waals surface area contributed by atoms with E-state index in [4.69, 9.17) is 16.7 Å². The number of halogens is 1. The van der Waals surface area contributed by atoms with E-state index in [9.17, 15) is 28.4 Å². The molecule has 0 spiro atoms. The molecule has 14 heteroatoms. The number of nitrogens with one attached hydrogen (secondary N) is 1. The van der Waals surface area contributed by atoms with Crippen molar-refractivity contribution in [2.45, 2.75) is 11.8 Å². The Morgan fingerprint density at radius 1 is 1.23 bits per heavy atom. The van der Waals surface area contributed by atoms with Gasteiger partial charge in [-0.15, -0.1) is 10.2 Å². The first kappa shape index (κ1) is 21.2. The molecule has 0 saturated heterocycles. The molecule has 1 heterocycles. The second-order valence-electron chi connectivity index (χ2n) is 6.02. The van der Waals surface area contributed by atoms with Gasteiger partial charge in [0.15, 0.2) is 5.69 Å². The summed E-state index contributed by atoms with van der Waals surface area (Å²) in [4.78, 5) is 22.3. The number of primary sulfonamides is 1. The lowest BCUT2D eigenvalue weighted by Gasteiger charge is -2.04. The van der Waals surface area contributed by atoms with Crippen LogP contribution in [0.25, 0.3) is 5.69 Å². The van der Waals surface area contributed by atoms with Gasteiger partial charge in [-0.25, -0.2) is 18.2 Å². The van der Waals surface area contributed by atoms with Crippen LogP contribution in [0.4, 0.5) is 17.1 Å². The van der Waals surface area contributed by atoms with Gasteiger partial charge in [-0.1, -0.05) is 11.6 Å². The summed E-state index contributed by atoms with van der Waals surface area (Å²) in [6.07, 6.45) is 0. The van der Waals surface area contributed by atoms with Crippen molar-refractivity contribution < 1.29 is 18.4 Å². The van der Waals surface area contributed by atoms with E-state index in [1.807, 2.05) is 0 Å². The van der Waals surface area contributed by atoms with Crippen molar-refractivity contribution in [3.05, 3.63) is 67.6 Å². The van der Waals surface area contributed by atoms with Crippen LogP contribution in [0.5, 0.6) is 5.75 Å². The molecule has 12 nitrogen and oxygen atoms in total. The van der Waals surface area contributed by atoms with E-state index in [2.05, 4.69) is 15.3 Å². The SMILES string of the molecule is Cc1[nH]n(-c2ccc([N+](=O)[O-])cc2)c(=O)c1N=Nc1cc(Cl)c(S(N)(=O)=O)cc1O. The van der Waals surface area contributed by atoms with Crippen LogP contribution in [-0.2, 0) is 10.0 Å². The lowest BCUT2D eigenvalue weighted by molar-refractivity contribution is -0.384. The highest BCUT2D eigenvalue weighted by Gasteiger charge is 2.18. The predicted molar refractivity (Wildman–Crippen MR) is 106 cm³/mol. The molecule has 0 radical (unpaired) electrons. The predicted octanol–water partition coefficient (Wildman–Crippen LogP) is 2.80. The number of rotatable bonds is 5. The van der Waals surface area contributed by atoms with Crippen molar-refractivity contribution in [2.24, 2.45) is 15.4 Å². The van der Waals surface area contributed by atoms with Crippen molar-refractivity contribution in [3.63, 3.8) is 0 Å². The van der Waals surface area contributed by atoms with Crippen molar-refractivity contribution in [2.75, 3.05) is 0 Å². The van der Waals surface area contributed by atoms with Gasteiger partial charge in [0.2, 0.25) is 10.0 Å². The first-order chi connectivity index (χ1) is 14.0. The number of aromatic hydroxyl groups is 1. The summed E-state index contributed by atoms with van der Waals surface area (Å²) in [5, 5.41) is 35.8. The van der Waals surface area contributed by atoms with E-state index < -0.39 is 31.2 Å². The molecule has 3 rings (SSSR count). The summed E-state index contributed by atoms with van der Waals surface area (Å²) < 4.78 is 24.0. The van der Waals surface area contributed by atoms with Gasteiger partial charge in [0, 0.05) is 18.2 Å². The van der Waals surface area contributed by atoms with Crippen molar-refractivity contribution in [3.8, 4) is 11.4 Å². The molecule has 0 unspecified atom stereocenters. The fraction of sp³-hybridized carbons (Fsp3) is 0.0625. The molecule has 0 aliphatic carbocycles. The molecular formula is C16H13ClN6O6S. The number of sulfonamides is 1. The number of benzene rings is 2. The van der Waals surface area contributed by atoms with E-state index in [-0.39, 0.29) is 22.1 Å². The Bertz CT molecular complexity index is 1340. The third-order valence-corrected chi connectivity index (χ3v) is 5.33. The third kappa shape index (κ3) is 4.07. The van der Waals surface area contributed by atoms with Gasteiger partial charge in [0.1, 0.15) is 16.3 Å². The molecule has 0 bridgehead atoms. The Labute approximate surface area is 173 Å². The van der Waals surface area contributed by atoms with E-state index in [1.54, 1.807) is 6.92 Å². The molecule has 0 aliphatic heterocycles. The molecule has 0 amide bonds. The quantitative estimate of drug-likeness (QED) is 0.303. The monoisotopic (exact) mass is 452 g/mol. The minimum atomic E-state index is -4.15. The molecule has 1 aromatic heterocycles. The molecular weight excluding hydrogens is 440 g/mol. The molecule has 3 aromatic rings. The van der Waals surface area contributed by atoms with Crippen LogP contribution < -0.4 is 10.7 Å². The van der Waals surface area contributed by atoms with Gasteiger partial charge >= 0.3 is 0 Å². The van der Waals surface area contributed by atoms with Gasteiger partial charge in [0.05, 0.1) is 21.3 Å². The van der Waals surface area contributed by atoms with Crippen LogP contribution in [0.2, 0.25) is 5.02 Å². The highest BCUT2D eigenvalue weighted by atomic mass is 35.5. The summed E-state index contributed by atoms with van der Waals surface area (Å²) in [6, 6.07) is 7.11. The molecule has 0 atom stereocenters. The molecule has 30 heavy (non-hydrogen) atoms. The van der Waals surface area contributed by atoms with Crippen LogP contribution in [0.3, 0.4) is 0 Å². The lowest BCUT2D eigenvalue weighted by atomic mass is 10.3. The van der Waals surface area contributed by atoms with Crippen LogP contribution in [0, 0.1) is 17.0 Å². The van der Waals surface area contributed by atoms with Crippen LogP contribution in [-0.4, -0.2) is 28.2 Å². The number of azo groups is 1. The van der Waals surface area contributed by atoms with Crippen molar-refractivity contribution in [1.29, 1.82) is 0 Å². The maximum absolute atomic E-state index is 12.6. The zero-order valence-corrected chi connectivity index (χ0v) is 16.7. The number of aryl methyl sites for hydroxylation is 1. The van der Waals surface area contributed by atoms with Crippen molar-refractivity contribution in [1.82, 2.24) is 9.78 Å². The largest absolute Gasteiger partial charge is 0.506 e. The number of nitro groups is 1. The average Bonchev–Trinajstić information content (AvgIpc) is 2.95. The third-order valence-electron chi connectivity index (χ3n) is 3.95. The number of phenols is 1. The van der Waals surface area contributed by atoms with Gasteiger partial charge in [0.25, 0.3) is 11.2 Å². The summed E-state index contributed by atoms with van der Waals surface area (Å²) in [7, 11) is -4.15. The number of aromatic nitrogens is 2. The fourth-order valence-electron chi connectivity index (χ4n) is 2.49. The second-order valence-corrected chi connectivity index (χ2v) is 7.95. The first-order valence-corrected chi connectivity index (χ1v) is 9.95. The zero-order valence-electron chi connectivity index (χ0n) is 15.1. The number of H-pyrrole nitrogens is 1. The maximum atomic E-state index is 12.6. The number of hydrogen-bond donors (Lipinski definition) is 3. The molecule has 4 N–H and O–H groups in total. The molecule has 0 fully saturated rings. The van der Waals surface area contributed by atoms with Gasteiger partial charge < -0.3 is 5.11 Å². The summed E-state index contributed by atoms with van der Waals surface area (Å²) in [5.74, 6) is -0.559. The number of aromatic amines is 1. The Morgan fingerprint density at radius 3 is 2.43 bits per heavy atom. The molecule has 0 saturated carbocycles. The minimum Gasteiger partial charge on any atom is -0.506 e. The first-order valence-electron chi connectivity index (χ1n) is 8.02. The van der Waals surface area contributed by atoms with Crippen LogP contribution in [0.15, 0.2) is 56.3 Å². The molecule has 156 valence electrons. The smallest absolute Gasteiger partial charge is 0.299 e. The van der Waals surface area contributed by atoms with E-state index in [1.165, 1.54) is 24.3 Å². The van der Waals surface area contributed by atoms with Gasteiger partial charge in [-0.3, -0.25) is 20.0 Å². The standard InChI is InChI=1S/C16H13ClN6O6S/c1-8-15(16(25)22(21-8)9-2-4-10(5-3-9)23(26)27)20-19-12-6-11(17)14(7-13(12)24)30(18,28)29/h2-7,21,24H,1H3,(H2,18,28,29). The summed E-state index contributed by atoms with van der Waals surface area (Å²) in [6.45, 7) is 1.55. The lowest BCUT2D eigenvalue weighted by Crippen LogP contribution is -2.13. The maximum Gasteiger partial charge on any atom is 0.299 e. The number of nitrogens with zero attached hydrogens (tertiary/aromatic N) is 4. The Kier molecular flexibility index (Phi) is 5.43. The van der Waals surface area contributed by atoms with E-state index in [0.717, 1.165) is 16.8 Å². The van der Waals surface area contributed by atoms with E-state index in [0.29, 0.717) is 11.4 Å². The van der Waals surface area contributed by atoms with Crippen LogP contribution >= 0.6 is 11.6 Å². The summed E-state index contributed by atoms with van der Waals surface area (Å²) in [5.41, 5.74) is -0.358.